The number of carbonyl (C=O) groups excluding carboxylic acids is 2. The largest absolute Gasteiger partial charge is 0.343 e. The normalized spacial score (nSPS) is 15.0. The van der Waals surface area contributed by atoms with Crippen LogP contribution < -0.4 is 10.6 Å². The van der Waals surface area contributed by atoms with Crippen LogP contribution in [0.4, 0.5) is 0 Å². The molecule has 1 aromatic rings. The van der Waals surface area contributed by atoms with Crippen LogP contribution in [0, 0.1) is 0 Å². The first-order chi connectivity index (χ1) is 9.56. The summed E-state index contributed by atoms with van der Waals surface area (Å²) >= 11 is 9.16. The Kier molecular flexibility index (Phi) is 5.39. The number of nitrogens with one attached hydrogen (secondary N) is 2. The van der Waals surface area contributed by atoms with Crippen LogP contribution in [-0.4, -0.2) is 49.4 Å². The zero-order valence-electron chi connectivity index (χ0n) is 10.8. The number of hydrogen-bond acceptors (Lipinski definition) is 3. The van der Waals surface area contributed by atoms with Crippen molar-refractivity contribution in [3.63, 3.8) is 0 Å². The van der Waals surface area contributed by atoms with Gasteiger partial charge in [0.25, 0.3) is 5.91 Å². The molecule has 20 heavy (non-hydrogen) atoms. The minimum Gasteiger partial charge on any atom is -0.343 e. The highest BCUT2D eigenvalue weighted by molar-refractivity contribution is 9.10. The van der Waals surface area contributed by atoms with E-state index in [4.69, 9.17) is 11.6 Å². The molecule has 108 valence electrons. The number of piperazine rings is 1. The van der Waals surface area contributed by atoms with Gasteiger partial charge in [-0.2, -0.15) is 0 Å². The lowest BCUT2D eigenvalue weighted by Gasteiger charge is -2.27. The molecule has 2 rings (SSSR count). The Labute approximate surface area is 130 Å². The molecule has 1 aliphatic heterocycles. The van der Waals surface area contributed by atoms with E-state index >= 15 is 0 Å². The van der Waals surface area contributed by atoms with Gasteiger partial charge >= 0.3 is 0 Å². The molecule has 0 aromatic heterocycles. The first-order valence-electron chi connectivity index (χ1n) is 6.29. The van der Waals surface area contributed by atoms with Crippen molar-refractivity contribution in [3.8, 4) is 0 Å². The van der Waals surface area contributed by atoms with Crippen LogP contribution in [0.25, 0.3) is 0 Å². The Morgan fingerprint density at radius 1 is 1.30 bits per heavy atom. The summed E-state index contributed by atoms with van der Waals surface area (Å²) in [6.07, 6.45) is 0. The summed E-state index contributed by atoms with van der Waals surface area (Å²) in [6, 6.07) is 4.93. The minimum atomic E-state index is -0.309. The summed E-state index contributed by atoms with van der Waals surface area (Å²) < 4.78 is 0.726. The number of carbonyl (C=O) groups is 2. The molecule has 1 saturated heterocycles. The summed E-state index contributed by atoms with van der Waals surface area (Å²) in [5.74, 6) is -0.377. The van der Waals surface area contributed by atoms with Crippen LogP contribution in [0.15, 0.2) is 22.7 Å². The number of benzene rings is 1. The maximum absolute atomic E-state index is 12.0. The molecule has 0 unspecified atom stereocenters. The van der Waals surface area contributed by atoms with Crippen LogP contribution in [0.3, 0.4) is 0 Å². The van der Waals surface area contributed by atoms with E-state index in [1.807, 2.05) is 0 Å². The number of nitrogens with zero attached hydrogens (tertiary/aromatic N) is 1. The van der Waals surface area contributed by atoms with Gasteiger partial charge in [0.15, 0.2) is 0 Å². The van der Waals surface area contributed by atoms with Crippen LogP contribution in [-0.2, 0) is 4.79 Å². The zero-order valence-corrected chi connectivity index (χ0v) is 13.1. The molecule has 0 atom stereocenters. The van der Waals surface area contributed by atoms with E-state index in [1.54, 1.807) is 23.1 Å². The van der Waals surface area contributed by atoms with Crippen molar-refractivity contribution < 1.29 is 9.59 Å². The van der Waals surface area contributed by atoms with Crippen molar-refractivity contribution in [2.24, 2.45) is 0 Å². The van der Waals surface area contributed by atoms with Crippen LogP contribution >= 0.6 is 27.5 Å². The average Bonchev–Trinajstić information content (AvgIpc) is 2.44. The van der Waals surface area contributed by atoms with E-state index in [9.17, 15) is 9.59 Å². The van der Waals surface area contributed by atoms with Crippen molar-refractivity contribution in [3.05, 3.63) is 33.3 Å². The molecule has 2 amide bonds. The molecule has 2 N–H and O–H groups in total. The standard InChI is InChI=1S/C13H15BrClN3O2/c14-10-5-9(6-11(15)7-10)13(20)17-8-12(19)18-3-1-16-2-4-18/h5-7,16H,1-4,8H2,(H,17,20). The molecular weight excluding hydrogens is 346 g/mol. The number of halogens is 2. The molecule has 7 heteroatoms. The van der Waals surface area contributed by atoms with Gasteiger partial charge in [0.2, 0.25) is 5.91 Å². The Balaban J connectivity index is 1.89. The summed E-state index contributed by atoms with van der Waals surface area (Å²) in [4.78, 5) is 25.6. The van der Waals surface area contributed by atoms with Crippen molar-refractivity contribution in [2.75, 3.05) is 32.7 Å². The number of rotatable bonds is 3. The third kappa shape index (κ3) is 4.19. The smallest absolute Gasteiger partial charge is 0.251 e. The van der Waals surface area contributed by atoms with Crippen LogP contribution in [0.5, 0.6) is 0 Å². The molecule has 0 spiro atoms. The highest BCUT2D eigenvalue weighted by Gasteiger charge is 2.17. The minimum absolute atomic E-state index is 0.00294. The highest BCUT2D eigenvalue weighted by atomic mass is 79.9. The molecule has 1 fully saturated rings. The van der Waals surface area contributed by atoms with E-state index in [-0.39, 0.29) is 18.4 Å². The topological polar surface area (TPSA) is 61.4 Å². The predicted molar refractivity (Wildman–Crippen MR) is 80.9 cm³/mol. The lowest BCUT2D eigenvalue weighted by molar-refractivity contribution is -0.130. The van der Waals surface area contributed by atoms with Crippen molar-refractivity contribution in [1.82, 2.24) is 15.5 Å². The van der Waals surface area contributed by atoms with E-state index in [2.05, 4.69) is 26.6 Å². The first kappa shape index (κ1) is 15.3. The monoisotopic (exact) mass is 359 g/mol. The summed E-state index contributed by atoms with van der Waals surface area (Å²) in [7, 11) is 0. The van der Waals surface area contributed by atoms with Crippen molar-refractivity contribution in [1.29, 1.82) is 0 Å². The molecule has 0 aliphatic carbocycles. The van der Waals surface area contributed by atoms with Gasteiger partial charge in [0, 0.05) is 41.2 Å². The summed E-state index contributed by atoms with van der Waals surface area (Å²) in [5.41, 5.74) is 0.428. The number of amides is 2. The van der Waals surface area contributed by atoms with Gasteiger partial charge in [-0.1, -0.05) is 27.5 Å². The molecule has 0 radical (unpaired) electrons. The van der Waals surface area contributed by atoms with E-state index in [1.165, 1.54) is 0 Å². The predicted octanol–water partition coefficient (Wildman–Crippen LogP) is 1.26. The van der Waals surface area contributed by atoms with Crippen LogP contribution in [0.2, 0.25) is 5.02 Å². The second-order valence-corrected chi connectivity index (χ2v) is 5.82. The number of hydrogen-bond donors (Lipinski definition) is 2. The molecule has 5 nitrogen and oxygen atoms in total. The van der Waals surface area contributed by atoms with Crippen molar-refractivity contribution in [2.45, 2.75) is 0 Å². The van der Waals surface area contributed by atoms with Gasteiger partial charge in [-0.05, 0) is 18.2 Å². The Bertz CT molecular complexity index is 498. The lowest BCUT2D eigenvalue weighted by Crippen LogP contribution is -2.49. The molecule has 0 saturated carbocycles. The Morgan fingerprint density at radius 3 is 2.65 bits per heavy atom. The molecule has 1 heterocycles. The van der Waals surface area contributed by atoms with Gasteiger partial charge in [0.05, 0.1) is 6.54 Å². The second-order valence-electron chi connectivity index (χ2n) is 4.47. The summed E-state index contributed by atoms with van der Waals surface area (Å²) in [6.45, 7) is 2.94. The maximum Gasteiger partial charge on any atom is 0.251 e. The molecule has 1 aliphatic rings. The van der Waals surface area contributed by atoms with Crippen molar-refractivity contribution >= 4 is 39.3 Å². The quantitative estimate of drug-likeness (QED) is 0.853. The highest BCUT2D eigenvalue weighted by Crippen LogP contribution is 2.19. The van der Waals surface area contributed by atoms with Crippen LogP contribution in [0.1, 0.15) is 10.4 Å². The SMILES string of the molecule is O=C(NCC(=O)N1CCNCC1)c1cc(Cl)cc(Br)c1. The van der Waals surface area contributed by atoms with E-state index in [0.717, 1.165) is 17.6 Å². The van der Waals surface area contributed by atoms with Gasteiger partial charge in [0.1, 0.15) is 0 Å². The fourth-order valence-electron chi connectivity index (χ4n) is 1.97. The maximum atomic E-state index is 12.0. The lowest BCUT2D eigenvalue weighted by atomic mass is 10.2. The zero-order chi connectivity index (χ0) is 14.5. The fourth-order valence-corrected chi connectivity index (χ4v) is 2.83. The summed E-state index contributed by atoms with van der Waals surface area (Å²) in [5, 5.41) is 6.26. The third-order valence-corrected chi connectivity index (χ3v) is 3.67. The second kappa shape index (κ2) is 7.06. The van der Waals surface area contributed by atoms with Gasteiger partial charge in [-0.15, -0.1) is 0 Å². The average molecular weight is 361 g/mol. The Morgan fingerprint density at radius 2 is 2.00 bits per heavy atom. The van der Waals surface area contributed by atoms with Gasteiger partial charge in [-0.3, -0.25) is 9.59 Å². The fraction of sp³-hybridized carbons (Fsp3) is 0.385. The molecule has 1 aromatic carbocycles. The Hall–Kier alpha value is -1.11. The van der Waals surface area contributed by atoms with Gasteiger partial charge < -0.3 is 15.5 Å². The first-order valence-corrected chi connectivity index (χ1v) is 7.46. The van der Waals surface area contributed by atoms with E-state index < -0.39 is 0 Å². The van der Waals surface area contributed by atoms with E-state index in [0.29, 0.717) is 23.7 Å². The third-order valence-electron chi connectivity index (χ3n) is 2.99. The van der Waals surface area contributed by atoms with Gasteiger partial charge in [-0.25, -0.2) is 0 Å². The molecular formula is C13H15BrClN3O2. The molecule has 0 bridgehead atoms.